The number of aliphatic hydroxyl groups excluding tert-OH is 1. The maximum Gasteiger partial charge on any atom is 0.142 e. The van der Waals surface area contributed by atoms with Gasteiger partial charge in [0, 0.05) is 6.20 Å². The fraction of sp³-hybridized carbons (Fsp3) is 0.444. The number of rotatable bonds is 3. The second-order valence-corrected chi connectivity index (χ2v) is 2.86. The maximum atomic E-state index is 9.27. The lowest BCUT2D eigenvalue weighted by atomic mass is 10.1. The molecule has 0 aliphatic carbocycles. The second kappa shape index (κ2) is 4.20. The Kier molecular flexibility index (Phi) is 3.22. The Balaban J connectivity index is 2.98. The summed E-state index contributed by atoms with van der Waals surface area (Å²) in [6.45, 7) is 1.62. The predicted molar refractivity (Wildman–Crippen MR) is 49.4 cm³/mol. The lowest BCUT2D eigenvalue weighted by molar-refractivity contribution is 0.160. The molecule has 72 valence electrons. The molecule has 0 amide bonds. The van der Waals surface area contributed by atoms with Gasteiger partial charge in [-0.3, -0.25) is 4.98 Å². The normalized spacial score (nSPS) is 15.1. The Morgan fingerprint density at radius 1 is 1.62 bits per heavy atom. The van der Waals surface area contributed by atoms with Gasteiger partial charge < -0.3 is 15.6 Å². The molecular formula is C9H14N2O2. The molecule has 0 radical (unpaired) electrons. The van der Waals surface area contributed by atoms with Crippen molar-refractivity contribution in [3.05, 3.63) is 24.0 Å². The molecule has 1 aromatic rings. The fourth-order valence-corrected chi connectivity index (χ4v) is 1.05. The average Bonchev–Trinajstić information content (AvgIpc) is 2.16. The van der Waals surface area contributed by atoms with Gasteiger partial charge in [0.2, 0.25) is 0 Å². The van der Waals surface area contributed by atoms with Crippen LogP contribution in [0, 0.1) is 0 Å². The standard InChI is InChI=1S/C9H14N2O2/c1-6(12)8(10)9-7(13-2)4-3-5-11-9/h3-6,8,12H,10H2,1-2H3/t6-,8-/m1/s1. The second-order valence-electron chi connectivity index (χ2n) is 2.86. The zero-order valence-electron chi connectivity index (χ0n) is 7.77. The third kappa shape index (κ3) is 2.17. The first-order valence-electron chi connectivity index (χ1n) is 4.09. The van der Waals surface area contributed by atoms with Crippen LogP contribution in [0.2, 0.25) is 0 Å². The van der Waals surface area contributed by atoms with Crippen LogP contribution in [0.4, 0.5) is 0 Å². The third-order valence-corrected chi connectivity index (χ3v) is 1.86. The Hall–Kier alpha value is -1.13. The van der Waals surface area contributed by atoms with Crippen LogP contribution in [-0.2, 0) is 0 Å². The van der Waals surface area contributed by atoms with Crippen LogP contribution in [0.3, 0.4) is 0 Å². The summed E-state index contributed by atoms with van der Waals surface area (Å²) >= 11 is 0. The monoisotopic (exact) mass is 182 g/mol. The van der Waals surface area contributed by atoms with Crippen molar-refractivity contribution in [1.82, 2.24) is 4.98 Å². The van der Waals surface area contributed by atoms with E-state index in [0.717, 1.165) is 0 Å². The molecule has 0 saturated heterocycles. The minimum absolute atomic E-state index is 0.504. The number of hydrogen-bond donors (Lipinski definition) is 2. The van der Waals surface area contributed by atoms with Crippen LogP contribution in [0.1, 0.15) is 18.7 Å². The van der Waals surface area contributed by atoms with Crippen molar-refractivity contribution in [2.45, 2.75) is 19.1 Å². The summed E-state index contributed by atoms with van der Waals surface area (Å²) in [5.41, 5.74) is 6.31. The Bertz CT molecular complexity index is 276. The van der Waals surface area contributed by atoms with Gasteiger partial charge in [-0.05, 0) is 19.1 Å². The molecule has 0 aliphatic rings. The summed E-state index contributed by atoms with van der Waals surface area (Å²) in [7, 11) is 1.55. The number of aliphatic hydroxyl groups is 1. The zero-order valence-corrected chi connectivity index (χ0v) is 7.77. The molecule has 0 bridgehead atoms. The van der Waals surface area contributed by atoms with Gasteiger partial charge in [-0.1, -0.05) is 0 Å². The SMILES string of the molecule is COc1cccnc1[C@H](N)[C@@H](C)O. The molecule has 2 atom stereocenters. The summed E-state index contributed by atoms with van der Waals surface area (Å²) in [6.07, 6.45) is 0.990. The van der Waals surface area contributed by atoms with E-state index in [9.17, 15) is 5.11 Å². The minimum Gasteiger partial charge on any atom is -0.495 e. The number of nitrogens with two attached hydrogens (primary N) is 1. The third-order valence-electron chi connectivity index (χ3n) is 1.86. The number of aromatic nitrogens is 1. The van der Waals surface area contributed by atoms with E-state index in [-0.39, 0.29) is 0 Å². The summed E-state index contributed by atoms with van der Waals surface area (Å²) < 4.78 is 5.06. The Morgan fingerprint density at radius 3 is 2.85 bits per heavy atom. The van der Waals surface area contributed by atoms with Crippen molar-refractivity contribution >= 4 is 0 Å². The number of nitrogens with zero attached hydrogens (tertiary/aromatic N) is 1. The zero-order chi connectivity index (χ0) is 9.84. The lowest BCUT2D eigenvalue weighted by Gasteiger charge is -2.16. The first-order chi connectivity index (χ1) is 6.16. The van der Waals surface area contributed by atoms with Crippen molar-refractivity contribution < 1.29 is 9.84 Å². The van der Waals surface area contributed by atoms with Crippen LogP contribution in [-0.4, -0.2) is 23.3 Å². The number of methoxy groups -OCH3 is 1. The van der Waals surface area contributed by atoms with E-state index in [0.29, 0.717) is 11.4 Å². The molecule has 1 rings (SSSR count). The molecule has 4 heteroatoms. The van der Waals surface area contributed by atoms with Gasteiger partial charge in [0.1, 0.15) is 11.4 Å². The van der Waals surface area contributed by atoms with Crippen molar-refractivity contribution in [2.24, 2.45) is 5.73 Å². The fourth-order valence-electron chi connectivity index (χ4n) is 1.05. The highest BCUT2D eigenvalue weighted by molar-refractivity contribution is 5.29. The van der Waals surface area contributed by atoms with Gasteiger partial charge >= 0.3 is 0 Å². The van der Waals surface area contributed by atoms with E-state index < -0.39 is 12.1 Å². The molecule has 0 unspecified atom stereocenters. The molecule has 0 aromatic carbocycles. The van der Waals surface area contributed by atoms with Gasteiger partial charge in [0.15, 0.2) is 0 Å². The van der Waals surface area contributed by atoms with Gasteiger partial charge in [-0.2, -0.15) is 0 Å². The number of ether oxygens (including phenoxy) is 1. The van der Waals surface area contributed by atoms with Crippen molar-refractivity contribution in [3.8, 4) is 5.75 Å². The molecule has 1 heterocycles. The average molecular weight is 182 g/mol. The number of hydrogen-bond acceptors (Lipinski definition) is 4. The van der Waals surface area contributed by atoms with Crippen LogP contribution in [0.5, 0.6) is 5.75 Å². The molecule has 13 heavy (non-hydrogen) atoms. The highest BCUT2D eigenvalue weighted by Gasteiger charge is 2.17. The molecule has 1 aromatic heterocycles. The van der Waals surface area contributed by atoms with E-state index in [1.54, 1.807) is 32.4 Å². The molecule has 3 N–H and O–H groups in total. The molecule has 0 aliphatic heterocycles. The van der Waals surface area contributed by atoms with E-state index in [1.807, 2.05) is 0 Å². The van der Waals surface area contributed by atoms with Gasteiger partial charge in [0.25, 0.3) is 0 Å². The Labute approximate surface area is 77.4 Å². The largest absolute Gasteiger partial charge is 0.495 e. The van der Waals surface area contributed by atoms with Gasteiger partial charge in [-0.15, -0.1) is 0 Å². The van der Waals surface area contributed by atoms with Crippen LogP contribution < -0.4 is 10.5 Å². The topological polar surface area (TPSA) is 68.4 Å². The summed E-state index contributed by atoms with van der Waals surface area (Å²) in [4.78, 5) is 4.06. The summed E-state index contributed by atoms with van der Waals surface area (Å²) in [5.74, 6) is 0.607. The molecule has 4 nitrogen and oxygen atoms in total. The van der Waals surface area contributed by atoms with Crippen LogP contribution >= 0.6 is 0 Å². The molecule has 0 fully saturated rings. The van der Waals surface area contributed by atoms with Crippen LogP contribution in [0.15, 0.2) is 18.3 Å². The number of pyridine rings is 1. The highest BCUT2D eigenvalue weighted by atomic mass is 16.5. The molecule has 0 spiro atoms. The van der Waals surface area contributed by atoms with Gasteiger partial charge in [-0.25, -0.2) is 0 Å². The summed E-state index contributed by atoms with van der Waals surface area (Å²) in [6, 6.07) is 3.03. The van der Waals surface area contributed by atoms with Crippen molar-refractivity contribution in [3.63, 3.8) is 0 Å². The lowest BCUT2D eigenvalue weighted by Crippen LogP contribution is -2.24. The van der Waals surface area contributed by atoms with E-state index >= 15 is 0 Å². The minimum atomic E-state index is -0.635. The predicted octanol–water partition coefficient (Wildman–Crippen LogP) is 0.471. The quantitative estimate of drug-likeness (QED) is 0.713. The van der Waals surface area contributed by atoms with Gasteiger partial charge in [0.05, 0.1) is 19.3 Å². The first kappa shape index (κ1) is 9.95. The van der Waals surface area contributed by atoms with E-state index in [4.69, 9.17) is 10.5 Å². The maximum absolute atomic E-state index is 9.27. The molecule has 0 saturated carbocycles. The van der Waals surface area contributed by atoms with Crippen molar-refractivity contribution in [1.29, 1.82) is 0 Å². The molecular weight excluding hydrogens is 168 g/mol. The van der Waals surface area contributed by atoms with E-state index in [1.165, 1.54) is 0 Å². The Morgan fingerprint density at radius 2 is 2.31 bits per heavy atom. The smallest absolute Gasteiger partial charge is 0.142 e. The van der Waals surface area contributed by atoms with E-state index in [2.05, 4.69) is 4.98 Å². The highest BCUT2D eigenvalue weighted by Crippen LogP contribution is 2.22. The first-order valence-corrected chi connectivity index (χ1v) is 4.09. The van der Waals surface area contributed by atoms with Crippen LogP contribution in [0.25, 0.3) is 0 Å². The summed E-state index contributed by atoms with van der Waals surface area (Å²) in [5, 5.41) is 9.27. The van der Waals surface area contributed by atoms with Crippen molar-refractivity contribution in [2.75, 3.05) is 7.11 Å².